The molecule has 0 heterocycles. The Kier molecular flexibility index (Phi) is 66.8. The first-order chi connectivity index (χ1) is 47.1. The van der Waals surface area contributed by atoms with E-state index in [4.69, 9.17) is 37.0 Å². The number of ether oxygens (including phenoxy) is 4. The monoisotopic (exact) mass is 1440 g/mol. The van der Waals surface area contributed by atoms with Crippen LogP contribution in [0.25, 0.3) is 0 Å². The molecule has 98 heavy (non-hydrogen) atoms. The van der Waals surface area contributed by atoms with Gasteiger partial charge in [0, 0.05) is 25.7 Å². The Morgan fingerprint density at radius 3 is 0.633 bits per heavy atom. The van der Waals surface area contributed by atoms with Crippen LogP contribution < -0.4 is 0 Å². The maximum Gasteiger partial charge on any atom is 0.472 e. The van der Waals surface area contributed by atoms with Crippen LogP contribution in [-0.4, -0.2) is 96.7 Å². The van der Waals surface area contributed by atoms with Gasteiger partial charge < -0.3 is 33.8 Å². The van der Waals surface area contributed by atoms with Crippen molar-refractivity contribution in [3.05, 3.63) is 0 Å². The van der Waals surface area contributed by atoms with Gasteiger partial charge in [0.1, 0.15) is 19.3 Å². The Morgan fingerprint density at radius 2 is 0.429 bits per heavy atom. The molecule has 0 radical (unpaired) electrons. The Balaban J connectivity index is 5.25. The van der Waals surface area contributed by atoms with Gasteiger partial charge in [0.05, 0.1) is 26.4 Å². The number of phosphoric ester groups is 2. The van der Waals surface area contributed by atoms with Crippen molar-refractivity contribution in [1.82, 2.24) is 0 Å². The molecule has 0 amide bonds. The number of hydrogen-bond acceptors (Lipinski definition) is 15. The molecule has 0 aromatic heterocycles. The molecule has 0 aliphatic rings. The normalized spacial score (nSPS) is 14.1. The molecule has 582 valence electrons. The summed E-state index contributed by atoms with van der Waals surface area (Å²) in [5, 5.41) is 10.6. The first kappa shape index (κ1) is 96.1. The lowest BCUT2D eigenvalue weighted by atomic mass is 10.0. The van der Waals surface area contributed by atoms with E-state index in [1.165, 1.54) is 199 Å². The molecule has 0 fully saturated rings. The number of phosphoric acid groups is 2. The van der Waals surface area contributed by atoms with Gasteiger partial charge in [0.2, 0.25) is 0 Å². The van der Waals surface area contributed by atoms with Crippen LogP contribution in [0.15, 0.2) is 0 Å². The van der Waals surface area contributed by atoms with E-state index in [1.807, 2.05) is 0 Å². The number of carbonyl (C=O) groups is 4. The van der Waals surface area contributed by atoms with E-state index in [9.17, 15) is 43.2 Å². The molecule has 19 heteroatoms. The Morgan fingerprint density at radius 1 is 0.255 bits per heavy atom. The molecule has 0 saturated carbocycles. The van der Waals surface area contributed by atoms with Crippen LogP contribution in [0.5, 0.6) is 0 Å². The highest BCUT2D eigenvalue weighted by molar-refractivity contribution is 7.47. The summed E-state index contributed by atoms with van der Waals surface area (Å²) in [5.41, 5.74) is 0. The standard InChI is InChI=1S/C79H154O17P2/c1-69(2)55-47-39-31-24-18-12-9-15-21-27-35-43-51-59-76(81)89-65-74(95-78(83)61-53-45-36-28-22-16-10-13-19-25-32-40-48-56-70(3)4)67-93-97(85,86)91-63-73(80)64-92-98(87,88)94-68-75(66-90-77(82)60-52-44-38-30-34-42-50-58-72(7)8)96-79(84)62-54-46-37-29-23-17-11-14-20-26-33-41-49-57-71(5)6/h69-75,80H,9-68H2,1-8H3,(H,85,86)(H,87,88)/t73?,74-,75-/m1/s1. The van der Waals surface area contributed by atoms with Crippen molar-refractivity contribution >= 4 is 39.5 Å². The highest BCUT2D eigenvalue weighted by atomic mass is 31.2. The van der Waals surface area contributed by atoms with Gasteiger partial charge in [-0.2, -0.15) is 0 Å². The highest BCUT2D eigenvalue weighted by Crippen LogP contribution is 2.45. The minimum Gasteiger partial charge on any atom is -0.462 e. The number of carbonyl (C=O) groups excluding carboxylic acids is 4. The molecular weight excluding hydrogens is 1280 g/mol. The van der Waals surface area contributed by atoms with Gasteiger partial charge in [-0.25, -0.2) is 9.13 Å². The number of aliphatic hydroxyl groups is 1. The van der Waals surface area contributed by atoms with Gasteiger partial charge >= 0.3 is 39.5 Å². The second kappa shape index (κ2) is 68.2. The zero-order chi connectivity index (χ0) is 72.4. The summed E-state index contributed by atoms with van der Waals surface area (Å²) >= 11 is 0. The van der Waals surface area contributed by atoms with Gasteiger partial charge in [-0.1, -0.05) is 351 Å². The maximum absolute atomic E-state index is 13.1. The third-order valence-electron chi connectivity index (χ3n) is 18.3. The van der Waals surface area contributed by atoms with Crippen molar-refractivity contribution in [2.75, 3.05) is 39.6 Å². The van der Waals surface area contributed by atoms with Gasteiger partial charge in [-0.3, -0.25) is 37.3 Å². The van der Waals surface area contributed by atoms with Crippen LogP contribution in [0.3, 0.4) is 0 Å². The molecule has 0 spiro atoms. The van der Waals surface area contributed by atoms with Crippen molar-refractivity contribution in [1.29, 1.82) is 0 Å². The van der Waals surface area contributed by atoms with E-state index >= 15 is 0 Å². The van der Waals surface area contributed by atoms with E-state index in [2.05, 4.69) is 55.4 Å². The van der Waals surface area contributed by atoms with Crippen LogP contribution in [-0.2, 0) is 65.4 Å². The Bertz CT molecular complexity index is 1920. The van der Waals surface area contributed by atoms with E-state index in [0.717, 1.165) is 114 Å². The maximum atomic E-state index is 13.1. The van der Waals surface area contributed by atoms with Crippen LogP contribution in [0.2, 0.25) is 0 Å². The fourth-order valence-electron chi connectivity index (χ4n) is 12.1. The summed E-state index contributed by atoms with van der Waals surface area (Å²) in [4.78, 5) is 73.0. The minimum absolute atomic E-state index is 0.106. The van der Waals surface area contributed by atoms with Crippen LogP contribution in [0, 0.1) is 23.7 Å². The summed E-state index contributed by atoms with van der Waals surface area (Å²) in [6, 6.07) is 0. The third kappa shape index (κ3) is 72.4. The fraction of sp³-hybridized carbons (Fsp3) is 0.949. The molecule has 0 bridgehead atoms. The molecule has 3 unspecified atom stereocenters. The predicted molar refractivity (Wildman–Crippen MR) is 400 cm³/mol. The highest BCUT2D eigenvalue weighted by Gasteiger charge is 2.30. The zero-order valence-corrected chi connectivity index (χ0v) is 66.2. The van der Waals surface area contributed by atoms with E-state index < -0.39 is 97.5 Å². The summed E-state index contributed by atoms with van der Waals surface area (Å²) in [7, 11) is -9.92. The summed E-state index contributed by atoms with van der Waals surface area (Å²) in [6.45, 7) is 14.2. The van der Waals surface area contributed by atoms with Gasteiger partial charge in [-0.05, 0) is 49.4 Å². The summed E-state index contributed by atoms with van der Waals surface area (Å²) in [6.07, 6.45) is 54.1. The first-order valence-electron chi connectivity index (χ1n) is 40.7. The van der Waals surface area contributed by atoms with Gasteiger partial charge in [0.15, 0.2) is 12.2 Å². The average molecular weight is 1440 g/mol. The van der Waals surface area contributed by atoms with E-state index in [1.54, 1.807) is 0 Å². The first-order valence-corrected chi connectivity index (χ1v) is 43.7. The van der Waals surface area contributed by atoms with Crippen molar-refractivity contribution in [2.24, 2.45) is 23.7 Å². The number of rotatable bonds is 76. The van der Waals surface area contributed by atoms with Crippen molar-refractivity contribution in [2.45, 2.75) is 420 Å². The summed E-state index contributed by atoms with van der Waals surface area (Å²) < 4.78 is 68.7. The molecule has 0 aromatic carbocycles. The minimum atomic E-state index is -4.96. The number of hydrogen-bond donors (Lipinski definition) is 3. The molecule has 0 rings (SSSR count). The van der Waals surface area contributed by atoms with E-state index in [0.29, 0.717) is 31.6 Å². The van der Waals surface area contributed by atoms with Crippen molar-refractivity contribution in [3.63, 3.8) is 0 Å². The Hall–Kier alpha value is -1.94. The van der Waals surface area contributed by atoms with Gasteiger partial charge in [-0.15, -0.1) is 0 Å². The fourth-order valence-corrected chi connectivity index (χ4v) is 13.7. The summed E-state index contributed by atoms with van der Waals surface area (Å²) in [5.74, 6) is 0.953. The van der Waals surface area contributed by atoms with E-state index in [-0.39, 0.29) is 25.7 Å². The van der Waals surface area contributed by atoms with Crippen LogP contribution >= 0.6 is 15.6 Å². The molecule has 0 aliphatic heterocycles. The lowest BCUT2D eigenvalue weighted by molar-refractivity contribution is -0.161. The molecule has 5 atom stereocenters. The number of aliphatic hydroxyl groups excluding tert-OH is 1. The Labute approximate surface area is 600 Å². The number of unbranched alkanes of at least 4 members (excludes halogenated alkanes) is 42. The quantitative estimate of drug-likeness (QED) is 0.0222. The second-order valence-corrected chi connectivity index (χ2v) is 33.3. The molecular formula is C79H154O17P2. The topological polar surface area (TPSA) is 237 Å². The third-order valence-corrected chi connectivity index (χ3v) is 20.2. The zero-order valence-electron chi connectivity index (χ0n) is 64.4. The second-order valence-electron chi connectivity index (χ2n) is 30.4. The molecule has 0 aliphatic carbocycles. The molecule has 0 aromatic rings. The molecule has 0 saturated heterocycles. The van der Waals surface area contributed by atoms with Crippen LogP contribution in [0.4, 0.5) is 0 Å². The van der Waals surface area contributed by atoms with Crippen LogP contribution in [0.1, 0.15) is 402 Å². The van der Waals surface area contributed by atoms with Gasteiger partial charge in [0.25, 0.3) is 0 Å². The largest absolute Gasteiger partial charge is 0.472 e. The lowest BCUT2D eigenvalue weighted by Crippen LogP contribution is -2.30. The SMILES string of the molecule is CC(C)CCCCCCCCCCCCCCCC(=O)OC[C@H](COP(=O)(O)OCC(O)COP(=O)(O)OC[C@@H](COC(=O)CCCCCCCCCC(C)C)OC(=O)CCCCCCCCCCCCCCCC(C)C)OC(=O)CCCCCCCCCCCCCCCC(C)C. The van der Waals surface area contributed by atoms with Crippen molar-refractivity contribution < 1.29 is 80.2 Å². The van der Waals surface area contributed by atoms with Crippen molar-refractivity contribution in [3.8, 4) is 0 Å². The lowest BCUT2D eigenvalue weighted by Gasteiger charge is -2.21. The average Bonchev–Trinajstić information content (AvgIpc) is 1.07. The number of esters is 4. The smallest absolute Gasteiger partial charge is 0.462 e. The molecule has 17 nitrogen and oxygen atoms in total. The molecule has 3 N–H and O–H groups in total. The predicted octanol–water partition coefficient (Wildman–Crippen LogP) is 23.2.